The molecule has 1 heterocycles. The number of carbonyl (C=O) groups excluding carboxylic acids is 2. The molecule has 0 atom stereocenters. The first kappa shape index (κ1) is 26.6. The molecule has 0 spiro atoms. The van der Waals surface area contributed by atoms with Crippen molar-refractivity contribution in [2.75, 3.05) is 19.3 Å². The van der Waals surface area contributed by atoms with Crippen molar-refractivity contribution in [3.63, 3.8) is 0 Å². The summed E-state index contributed by atoms with van der Waals surface area (Å²) < 4.78 is 34.6. The Hall–Kier alpha value is -4.98. The van der Waals surface area contributed by atoms with Gasteiger partial charge in [-0.3, -0.25) is 9.59 Å². The number of hydrogen-bond acceptors (Lipinski definition) is 4. The number of aryl methyl sites for hydroxylation is 1. The third-order valence-corrected chi connectivity index (χ3v) is 6.71. The summed E-state index contributed by atoms with van der Waals surface area (Å²) >= 11 is 0. The van der Waals surface area contributed by atoms with Crippen LogP contribution in [0.1, 0.15) is 32.7 Å². The highest BCUT2D eigenvalue weighted by molar-refractivity contribution is 6.12. The summed E-state index contributed by atoms with van der Waals surface area (Å²) in [5.41, 5.74) is 9.42. The van der Waals surface area contributed by atoms with E-state index >= 15 is 4.39 Å². The molecule has 0 radical (unpaired) electrons. The third-order valence-electron chi connectivity index (χ3n) is 6.71. The van der Waals surface area contributed by atoms with Crippen molar-refractivity contribution in [2.45, 2.75) is 12.8 Å². The van der Waals surface area contributed by atoms with E-state index in [1.54, 1.807) is 6.07 Å². The molecule has 2 amide bonds. The second-order valence-electron chi connectivity index (χ2n) is 9.37. The van der Waals surface area contributed by atoms with Crippen molar-refractivity contribution in [2.24, 2.45) is 0 Å². The fourth-order valence-electron chi connectivity index (χ4n) is 4.66. The smallest absolute Gasteiger partial charge is 0.255 e. The summed E-state index contributed by atoms with van der Waals surface area (Å²) in [6, 6.07) is 22.7. The molecule has 0 aliphatic rings. The highest BCUT2D eigenvalue weighted by Gasteiger charge is 2.24. The standard InChI is InChI=1S/C32H27F2N3O3/c1-36-32(39)29-25-17-24(27(35)18-28(25)40-30(29)20-9-12-22(33)13-10-20)23-16-21(11-14-26(23)34)31(38)37-15-5-8-19-6-3-2-4-7-19/h2-4,6-7,9-14,16-18H,5,8,15,35H2,1H3,(H,36,39)(H,37,38). The van der Waals surface area contributed by atoms with E-state index in [-0.39, 0.29) is 34.0 Å². The third kappa shape index (κ3) is 5.42. The molecule has 5 aromatic rings. The molecule has 5 rings (SSSR count). The zero-order valence-electron chi connectivity index (χ0n) is 21.8. The number of nitrogen functional groups attached to an aromatic ring is 1. The molecule has 0 unspecified atom stereocenters. The zero-order valence-corrected chi connectivity index (χ0v) is 21.8. The summed E-state index contributed by atoms with van der Waals surface area (Å²) in [5, 5.41) is 5.88. The molecule has 0 aliphatic carbocycles. The Kier molecular flexibility index (Phi) is 7.59. The first-order valence-electron chi connectivity index (χ1n) is 12.8. The summed E-state index contributed by atoms with van der Waals surface area (Å²) in [4.78, 5) is 25.8. The van der Waals surface area contributed by atoms with Crippen molar-refractivity contribution in [3.8, 4) is 22.5 Å². The van der Waals surface area contributed by atoms with Gasteiger partial charge in [-0.25, -0.2) is 8.78 Å². The predicted octanol–water partition coefficient (Wildman–Crippen LogP) is 6.35. The summed E-state index contributed by atoms with van der Waals surface area (Å²) in [5.74, 6) is -1.53. The molecular formula is C32H27F2N3O3. The normalized spacial score (nSPS) is 11.0. The van der Waals surface area contributed by atoms with E-state index in [0.717, 1.165) is 12.8 Å². The van der Waals surface area contributed by atoms with Gasteiger partial charge in [-0.2, -0.15) is 0 Å². The molecule has 0 aliphatic heterocycles. The minimum absolute atomic E-state index is 0.115. The van der Waals surface area contributed by atoms with E-state index in [1.807, 2.05) is 30.3 Å². The number of fused-ring (bicyclic) bond motifs is 1. The SMILES string of the molecule is CNC(=O)c1c(-c2ccc(F)cc2)oc2cc(N)c(-c3cc(C(=O)NCCCc4ccccc4)ccc3F)cc12. The number of rotatable bonds is 8. The molecule has 0 fully saturated rings. The van der Waals surface area contributed by atoms with Crippen LogP contribution < -0.4 is 16.4 Å². The molecule has 0 bridgehead atoms. The van der Waals surface area contributed by atoms with Crippen LogP contribution in [0.15, 0.2) is 89.3 Å². The fraction of sp³-hybridized carbons (Fsp3) is 0.125. The molecule has 202 valence electrons. The number of nitrogens with two attached hydrogens (primary N) is 1. The van der Waals surface area contributed by atoms with E-state index in [9.17, 15) is 14.0 Å². The van der Waals surface area contributed by atoms with E-state index in [4.69, 9.17) is 10.2 Å². The second-order valence-corrected chi connectivity index (χ2v) is 9.37. The van der Waals surface area contributed by atoms with Crippen LogP contribution in [0.3, 0.4) is 0 Å². The van der Waals surface area contributed by atoms with Crippen LogP contribution in [0.4, 0.5) is 14.5 Å². The van der Waals surface area contributed by atoms with Crippen molar-refractivity contribution in [1.82, 2.24) is 10.6 Å². The van der Waals surface area contributed by atoms with Crippen LogP contribution in [-0.2, 0) is 6.42 Å². The Morgan fingerprint density at radius 2 is 1.62 bits per heavy atom. The number of hydrogen-bond donors (Lipinski definition) is 3. The van der Waals surface area contributed by atoms with Gasteiger partial charge in [0, 0.05) is 53.0 Å². The molecule has 0 saturated carbocycles. The number of furan rings is 1. The molecule has 0 saturated heterocycles. The number of halogens is 2. The van der Waals surface area contributed by atoms with Gasteiger partial charge in [0.25, 0.3) is 11.8 Å². The summed E-state index contributed by atoms with van der Waals surface area (Å²) in [6.07, 6.45) is 1.58. The first-order chi connectivity index (χ1) is 19.4. The first-order valence-corrected chi connectivity index (χ1v) is 12.8. The molecular weight excluding hydrogens is 512 g/mol. The number of nitrogens with one attached hydrogen (secondary N) is 2. The highest BCUT2D eigenvalue weighted by Crippen LogP contribution is 2.39. The van der Waals surface area contributed by atoms with Gasteiger partial charge >= 0.3 is 0 Å². The Balaban J connectivity index is 1.47. The van der Waals surface area contributed by atoms with E-state index in [2.05, 4.69) is 10.6 Å². The monoisotopic (exact) mass is 539 g/mol. The average molecular weight is 540 g/mol. The topological polar surface area (TPSA) is 97.4 Å². The number of amides is 2. The quantitative estimate of drug-likeness (QED) is 0.158. The molecule has 1 aromatic heterocycles. The van der Waals surface area contributed by atoms with Crippen LogP contribution in [0.5, 0.6) is 0 Å². The van der Waals surface area contributed by atoms with Crippen LogP contribution in [0, 0.1) is 11.6 Å². The highest BCUT2D eigenvalue weighted by atomic mass is 19.1. The molecule has 40 heavy (non-hydrogen) atoms. The maximum atomic E-state index is 15.1. The Morgan fingerprint density at radius 3 is 2.35 bits per heavy atom. The van der Waals surface area contributed by atoms with Crippen LogP contribution in [0.25, 0.3) is 33.4 Å². The largest absolute Gasteiger partial charge is 0.455 e. The van der Waals surface area contributed by atoms with Gasteiger partial charge in [0.2, 0.25) is 0 Å². The lowest BCUT2D eigenvalue weighted by Crippen LogP contribution is -2.24. The number of benzene rings is 4. The van der Waals surface area contributed by atoms with Crippen molar-refractivity contribution >= 4 is 28.5 Å². The van der Waals surface area contributed by atoms with Crippen molar-refractivity contribution < 1.29 is 22.8 Å². The Bertz CT molecular complexity index is 1700. The summed E-state index contributed by atoms with van der Waals surface area (Å²) in [6.45, 7) is 0.463. The van der Waals surface area contributed by atoms with Gasteiger partial charge in [-0.05, 0) is 66.9 Å². The molecule has 8 heteroatoms. The van der Waals surface area contributed by atoms with Gasteiger partial charge in [-0.15, -0.1) is 0 Å². The molecule has 6 nitrogen and oxygen atoms in total. The predicted molar refractivity (Wildman–Crippen MR) is 152 cm³/mol. The molecule has 4 N–H and O–H groups in total. The number of carbonyl (C=O) groups is 2. The maximum Gasteiger partial charge on any atom is 0.255 e. The fourth-order valence-corrected chi connectivity index (χ4v) is 4.66. The summed E-state index contributed by atoms with van der Waals surface area (Å²) in [7, 11) is 1.48. The van der Waals surface area contributed by atoms with Crippen LogP contribution in [0.2, 0.25) is 0 Å². The van der Waals surface area contributed by atoms with Gasteiger partial charge in [0.15, 0.2) is 0 Å². The lowest BCUT2D eigenvalue weighted by Gasteiger charge is -2.11. The zero-order chi connectivity index (χ0) is 28.2. The van der Waals surface area contributed by atoms with Gasteiger partial charge in [-0.1, -0.05) is 30.3 Å². The minimum Gasteiger partial charge on any atom is -0.455 e. The Labute approximate surface area is 229 Å². The van der Waals surface area contributed by atoms with E-state index < -0.39 is 17.5 Å². The van der Waals surface area contributed by atoms with Crippen molar-refractivity contribution in [1.29, 1.82) is 0 Å². The van der Waals surface area contributed by atoms with Gasteiger partial charge in [0.05, 0.1) is 5.56 Å². The van der Waals surface area contributed by atoms with E-state index in [1.165, 1.54) is 61.1 Å². The van der Waals surface area contributed by atoms with E-state index in [0.29, 0.717) is 28.6 Å². The Morgan fingerprint density at radius 1 is 0.875 bits per heavy atom. The van der Waals surface area contributed by atoms with Gasteiger partial charge < -0.3 is 20.8 Å². The average Bonchev–Trinajstić information content (AvgIpc) is 3.33. The van der Waals surface area contributed by atoms with Gasteiger partial charge in [0.1, 0.15) is 23.0 Å². The maximum absolute atomic E-state index is 15.1. The van der Waals surface area contributed by atoms with Crippen LogP contribution >= 0.6 is 0 Å². The van der Waals surface area contributed by atoms with Crippen LogP contribution in [-0.4, -0.2) is 25.4 Å². The van der Waals surface area contributed by atoms with Crippen molar-refractivity contribution in [3.05, 3.63) is 113 Å². The second kappa shape index (κ2) is 11.4. The minimum atomic E-state index is -0.574. The number of anilines is 1. The lowest BCUT2D eigenvalue weighted by molar-refractivity contribution is 0.0949. The lowest BCUT2D eigenvalue weighted by atomic mass is 9.97. The molecule has 4 aromatic carbocycles.